The normalized spacial score (nSPS) is 13.5. The Kier molecular flexibility index (Phi) is 6.53. The van der Waals surface area contributed by atoms with Crippen LogP contribution in [0.2, 0.25) is 0 Å². The van der Waals surface area contributed by atoms with E-state index in [-0.39, 0.29) is 27.4 Å². The molecule has 36 heavy (non-hydrogen) atoms. The highest BCUT2D eigenvalue weighted by molar-refractivity contribution is 7.89. The molecule has 0 aliphatic heterocycles. The molecule has 1 fully saturated rings. The molecular weight excluding hydrogens is 494 g/mol. The van der Waals surface area contributed by atoms with Crippen molar-refractivity contribution in [3.8, 4) is 11.3 Å². The fraction of sp³-hybridized carbons (Fsp3) is 0.148. The number of rotatable bonds is 8. The monoisotopic (exact) mass is 517 g/mol. The summed E-state index contributed by atoms with van der Waals surface area (Å²) in [5.41, 5.74) is 2.08. The molecule has 7 nitrogen and oxygen atoms in total. The van der Waals surface area contributed by atoms with Crippen molar-refractivity contribution in [2.45, 2.75) is 23.8 Å². The highest BCUT2D eigenvalue weighted by Crippen LogP contribution is 2.34. The standard InChI is InChI=1S/C27H23N3O4S2/c1-30(21-14-15-21)36(33,34)22-16-12-20(13-17-22)26(32)29-27-28-23(18-8-4-2-5-9-18)25(35-27)24(31)19-10-6-3-7-11-19/h2-13,16-17,21H,14-15H2,1H3,(H,28,29,32). The summed E-state index contributed by atoms with van der Waals surface area (Å²) in [6.07, 6.45) is 1.73. The highest BCUT2D eigenvalue weighted by Gasteiger charge is 2.35. The Morgan fingerprint density at radius 1 is 0.889 bits per heavy atom. The third kappa shape index (κ3) is 4.86. The number of thiazole rings is 1. The number of nitrogens with one attached hydrogen (secondary N) is 1. The summed E-state index contributed by atoms with van der Waals surface area (Å²) in [7, 11) is -2.01. The maximum Gasteiger partial charge on any atom is 0.257 e. The zero-order valence-corrected chi connectivity index (χ0v) is 21.1. The van der Waals surface area contributed by atoms with Crippen molar-refractivity contribution in [3.63, 3.8) is 0 Å². The Labute approximate surface area is 213 Å². The minimum atomic E-state index is -3.59. The maximum absolute atomic E-state index is 13.2. The fourth-order valence-corrected chi connectivity index (χ4v) is 6.15. The molecule has 5 rings (SSSR count). The molecule has 0 radical (unpaired) electrons. The van der Waals surface area contributed by atoms with E-state index in [0.717, 1.165) is 29.7 Å². The zero-order chi connectivity index (χ0) is 25.3. The number of sulfonamides is 1. The van der Waals surface area contributed by atoms with Crippen molar-refractivity contribution in [2.24, 2.45) is 0 Å². The first-order chi connectivity index (χ1) is 17.3. The van der Waals surface area contributed by atoms with Gasteiger partial charge in [0.2, 0.25) is 15.8 Å². The molecule has 1 N–H and O–H groups in total. The highest BCUT2D eigenvalue weighted by atomic mass is 32.2. The van der Waals surface area contributed by atoms with E-state index in [1.807, 2.05) is 36.4 Å². The van der Waals surface area contributed by atoms with Gasteiger partial charge < -0.3 is 0 Å². The molecular formula is C27H23N3O4S2. The van der Waals surface area contributed by atoms with Crippen LogP contribution in [0.15, 0.2) is 89.8 Å². The van der Waals surface area contributed by atoms with E-state index in [9.17, 15) is 18.0 Å². The Balaban J connectivity index is 1.41. The molecule has 1 aliphatic rings. The van der Waals surface area contributed by atoms with Gasteiger partial charge in [0, 0.05) is 29.8 Å². The molecule has 0 atom stereocenters. The maximum atomic E-state index is 13.2. The van der Waals surface area contributed by atoms with Crippen molar-refractivity contribution >= 4 is 38.2 Å². The van der Waals surface area contributed by atoms with Gasteiger partial charge >= 0.3 is 0 Å². The van der Waals surface area contributed by atoms with Crippen molar-refractivity contribution in [2.75, 3.05) is 12.4 Å². The molecule has 0 unspecified atom stereocenters. The molecule has 9 heteroatoms. The first-order valence-electron chi connectivity index (χ1n) is 11.4. The summed E-state index contributed by atoms with van der Waals surface area (Å²) in [5, 5.41) is 3.04. The second-order valence-corrected chi connectivity index (χ2v) is 11.5. The van der Waals surface area contributed by atoms with Crippen LogP contribution in [0.25, 0.3) is 11.3 Å². The third-order valence-electron chi connectivity index (χ3n) is 5.99. The van der Waals surface area contributed by atoms with Gasteiger partial charge in [-0.2, -0.15) is 4.31 Å². The van der Waals surface area contributed by atoms with Crippen molar-refractivity contribution in [1.82, 2.24) is 9.29 Å². The molecule has 1 aliphatic carbocycles. The van der Waals surface area contributed by atoms with Gasteiger partial charge in [0.25, 0.3) is 5.91 Å². The van der Waals surface area contributed by atoms with Crippen LogP contribution in [-0.4, -0.2) is 42.5 Å². The summed E-state index contributed by atoms with van der Waals surface area (Å²) in [6, 6.07) is 24.1. The van der Waals surface area contributed by atoms with Gasteiger partial charge in [-0.3, -0.25) is 14.9 Å². The average Bonchev–Trinajstić information content (AvgIpc) is 3.68. The zero-order valence-electron chi connectivity index (χ0n) is 19.4. The average molecular weight is 518 g/mol. The number of carbonyl (C=O) groups is 2. The quantitative estimate of drug-likeness (QED) is 0.329. The van der Waals surface area contributed by atoms with E-state index >= 15 is 0 Å². The molecule has 0 saturated heterocycles. The largest absolute Gasteiger partial charge is 0.298 e. The van der Waals surface area contributed by atoms with Crippen LogP contribution < -0.4 is 5.32 Å². The van der Waals surface area contributed by atoms with Crippen molar-refractivity contribution in [3.05, 3.63) is 101 Å². The summed E-state index contributed by atoms with van der Waals surface area (Å²) in [5.74, 6) is -0.622. The first kappa shape index (κ1) is 24.1. The predicted octanol–water partition coefficient (Wildman–Crippen LogP) is 5.08. The molecule has 1 saturated carbocycles. The Bertz CT molecular complexity index is 1510. The predicted molar refractivity (Wildman–Crippen MR) is 140 cm³/mol. The van der Waals surface area contributed by atoms with Gasteiger partial charge in [0.15, 0.2) is 5.13 Å². The van der Waals surface area contributed by atoms with Crippen LogP contribution in [0, 0.1) is 0 Å². The summed E-state index contributed by atoms with van der Waals surface area (Å²) in [6.45, 7) is 0. The summed E-state index contributed by atoms with van der Waals surface area (Å²) in [4.78, 5) is 31.3. The number of anilines is 1. The third-order valence-corrected chi connectivity index (χ3v) is 8.89. The number of carbonyl (C=O) groups excluding carboxylic acids is 2. The number of ketones is 1. The Morgan fingerprint density at radius 2 is 1.50 bits per heavy atom. The van der Waals surface area contributed by atoms with Crippen LogP contribution in [0.1, 0.15) is 38.4 Å². The molecule has 1 heterocycles. The van der Waals surface area contributed by atoms with Crippen LogP contribution in [0.3, 0.4) is 0 Å². The van der Waals surface area contributed by atoms with Gasteiger partial charge in [0.1, 0.15) is 4.88 Å². The van der Waals surface area contributed by atoms with E-state index in [4.69, 9.17) is 0 Å². The van der Waals surface area contributed by atoms with E-state index in [0.29, 0.717) is 16.1 Å². The van der Waals surface area contributed by atoms with Crippen molar-refractivity contribution < 1.29 is 18.0 Å². The van der Waals surface area contributed by atoms with Gasteiger partial charge in [-0.25, -0.2) is 13.4 Å². The van der Waals surface area contributed by atoms with Gasteiger partial charge in [-0.15, -0.1) is 0 Å². The lowest BCUT2D eigenvalue weighted by atomic mass is 10.1. The lowest BCUT2D eigenvalue weighted by molar-refractivity contribution is 0.102. The summed E-state index contributed by atoms with van der Waals surface area (Å²) < 4.78 is 26.8. The van der Waals surface area contributed by atoms with E-state index in [1.165, 1.54) is 28.6 Å². The minimum Gasteiger partial charge on any atom is -0.298 e. The molecule has 3 aromatic carbocycles. The Morgan fingerprint density at radius 3 is 2.11 bits per heavy atom. The van der Waals surface area contributed by atoms with Gasteiger partial charge in [-0.05, 0) is 37.1 Å². The van der Waals surface area contributed by atoms with Crippen LogP contribution >= 0.6 is 11.3 Å². The smallest absolute Gasteiger partial charge is 0.257 e. The lowest BCUT2D eigenvalue weighted by Crippen LogP contribution is -2.29. The van der Waals surface area contributed by atoms with Gasteiger partial charge in [-0.1, -0.05) is 72.0 Å². The molecule has 0 bridgehead atoms. The first-order valence-corrected chi connectivity index (χ1v) is 13.7. The number of hydrogen-bond acceptors (Lipinski definition) is 6. The number of nitrogens with zero attached hydrogens (tertiary/aromatic N) is 2. The van der Waals surface area contributed by atoms with E-state index in [2.05, 4.69) is 10.3 Å². The lowest BCUT2D eigenvalue weighted by Gasteiger charge is -2.16. The molecule has 182 valence electrons. The van der Waals surface area contributed by atoms with Crippen LogP contribution in [0.4, 0.5) is 5.13 Å². The topological polar surface area (TPSA) is 96.4 Å². The number of aromatic nitrogens is 1. The minimum absolute atomic E-state index is 0.0504. The second-order valence-electron chi connectivity index (χ2n) is 8.49. The summed E-state index contributed by atoms with van der Waals surface area (Å²) >= 11 is 1.11. The molecule has 1 amide bonds. The molecule has 0 spiro atoms. The van der Waals surface area contributed by atoms with Crippen molar-refractivity contribution in [1.29, 1.82) is 0 Å². The number of benzene rings is 3. The molecule has 4 aromatic rings. The fourth-order valence-electron chi connectivity index (χ4n) is 3.79. The Hall–Kier alpha value is -3.66. The van der Waals surface area contributed by atoms with Crippen LogP contribution in [0.5, 0.6) is 0 Å². The second kappa shape index (κ2) is 9.77. The van der Waals surface area contributed by atoms with Crippen LogP contribution in [-0.2, 0) is 10.0 Å². The van der Waals surface area contributed by atoms with Gasteiger partial charge in [0.05, 0.1) is 10.6 Å². The van der Waals surface area contributed by atoms with E-state index in [1.54, 1.807) is 31.3 Å². The number of hydrogen-bond donors (Lipinski definition) is 1. The van der Waals surface area contributed by atoms with E-state index < -0.39 is 15.9 Å². The number of amides is 1. The molecule has 1 aromatic heterocycles. The SMILES string of the molecule is CN(C1CC1)S(=O)(=O)c1ccc(C(=O)Nc2nc(-c3ccccc3)c(C(=O)c3ccccc3)s2)cc1.